The fourth-order valence-electron chi connectivity index (χ4n) is 1.98. The van der Waals surface area contributed by atoms with Gasteiger partial charge in [-0.1, -0.05) is 74.5 Å². The maximum Gasteiger partial charge on any atom is 0.298 e. The average Bonchev–Trinajstić information content (AvgIpc) is 2.50. The second kappa shape index (κ2) is 7.48. The van der Waals surface area contributed by atoms with Crippen LogP contribution in [0.3, 0.4) is 0 Å². The molecular formula is C16H20BOP. The average molecular weight is 270 g/mol. The topological polar surface area (TPSA) is 9.23 Å². The van der Waals surface area contributed by atoms with E-state index in [0.29, 0.717) is 6.92 Å². The molecule has 0 atom stereocenters. The first-order valence-electron chi connectivity index (χ1n) is 6.92. The summed E-state index contributed by atoms with van der Waals surface area (Å²) in [7, 11) is -0.702. The van der Waals surface area contributed by atoms with Gasteiger partial charge in [0.25, 0.3) is 6.92 Å². The van der Waals surface area contributed by atoms with E-state index in [4.69, 9.17) is 4.44 Å². The summed E-state index contributed by atoms with van der Waals surface area (Å²) >= 11 is 0. The Morgan fingerprint density at radius 2 is 1.21 bits per heavy atom. The second-order valence-corrected chi connectivity index (χ2v) is 6.34. The van der Waals surface area contributed by atoms with E-state index < -0.39 is 8.15 Å². The van der Waals surface area contributed by atoms with Crippen molar-refractivity contribution in [2.75, 3.05) is 0 Å². The predicted molar refractivity (Wildman–Crippen MR) is 86.9 cm³/mol. The summed E-state index contributed by atoms with van der Waals surface area (Å²) in [5.41, 5.74) is 0. The fourth-order valence-corrected chi connectivity index (χ4v) is 4.01. The molecule has 0 aliphatic rings. The van der Waals surface area contributed by atoms with Crippen molar-refractivity contribution in [1.82, 2.24) is 0 Å². The molecule has 2 aromatic rings. The SMILES string of the molecule is CCB(CC)OP(c1ccccc1)c1ccccc1. The van der Waals surface area contributed by atoms with Crippen LogP contribution < -0.4 is 10.6 Å². The monoisotopic (exact) mass is 270 g/mol. The van der Waals surface area contributed by atoms with Crippen LogP contribution in [0.25, 0.3) is 0 Å². The summed E-state index contributed by atoms with van der Waals surface area (Å²) < 4.78 is 6.39. The molecule has 0 radical (unpaired) electrons. The van der Waals surface area contributed by atoms with Crippen LogP contribution in [0.15, 0.2) is 60.7 Å². The molecule has 2 rings (SSSR count). The molecule has 3 heteroatoms. The molecule has 1 nitrogen and oxygen atoms in total. The highest BCUT2D eigenvalue weighted by atomic mass is 31.1. The molecule has 0 saturated carbocycles. The number of benzene rings is 2. The molecule has 0 amide bonds. The third-order valence-electron chi connectivity index (χ3n) is 3.15. The highest BCUT2D eigenvalue weighted by Gasteiger charge is 2.20. The van der Waals surface area contributed by atoms with Gasteiger partial charge in [-0.2, -0.15) is 0 Å². The van der Waals surface area contributed by atoms with Crippen molar-refractivity contribution in [3.8, 4) is 0 Å². The van der Waals surface area contributed by atoms with Gasteiger partial charge in [-0.15, -0.1) is 0 Å². The van der Waals surface area contributed by atoms with Gasteiger partial charge in [0, 0.05) is 10.6 Å². The largest absolute Gasteiger partial charge is 0.408 e. The minimum atomic E-state index is -0.702. The standard InChI is InChI=1S/C16H20BOP/c1-3-17(4-2)18-19(15-11-7-5-8-12-15)16-13-9-6-10-14-16/h5-14H,3-4H2,1-2H3. The molecule has 0 aromatic heterocycles. The van der Waals surface area contributed by atoms with Crippen LogP contribution in [-0.2, 0) is 4.44 Å². The molecule has 0 aliphatic heterocycles. The predicted octanol–water partition coefficient (Wildman–Crippen LogP) is 4.08. The number of hydrogen-bond donors (Lipinski definition) is 0. The van der Waals surface area contributed by atoms with Crippen LogP contribution in [0, 0.1) is 0 Å². The van der Waals surface area contributed by atoms with Gasteiger partial charge in [0.2, 0.25) is 0 Å². The van der Waals surface area contributed by atoms with Gasteiger partial charge in [-0.3, -0.25) is 0 Å². The van der Waals surface area contributed by atoms with Gasteiger partial charge in [-0.25, -0.2) is 0 Å². The van der Waals surface area contributed by atoms with E-state index in [0.717, 1.165) is 12.6 Å². The normalized spacial score (nSPS) is 10.7. The Labute approximate surface area is 118 Å². The van der Waals surface area contributed by atoms with Crippen molar-refractivity contribution >= 4 is 25.7 Å². The van der Waals surface area contributed by atoms with Crippen molar-refractivity contribution < 1.29 is 4.44 Å². The molecule has 0 saturated heterocycles. The van der Waals surface area contributed by atoms with E-state index in [1.807, 2.05) is 0 Å². The van der Waals surface area contributed by atoms with Crippen molar-refractivity contribution in [3.63, 3.8) is 0 Å². The van der Waals surface area contributed by atoms with E-state index in [2.05, 4.69) is 74.5 Å². The van der Waals surface area contributed by atoms with Gasteiger partial charge in [0.15, 0.2) is 0 Å². The van der Waals surface area contributed by atoms with Crippen LogP contribution in [0.1, 0.15) is 13.8 Å². The summed E-state index contributed by atoms with van der Waals surface area (Å²) in [4.78, 5) is 0. The zero-order chi connectivity index (χ0) is 13.5. The lowest BCUT2D eigenvalue weighted by molar-refractivity contribution is 0.642. The smallest absolute Gasteiger partial charge is 0.298 e. The van der Waals surface area contributed by atoms with Crippen LogP contribution >= 0.6 is 8.15 Å². The summed E-state index contributed by atoms with van der Waals surface area (Å²) in [6, 6.07) is 21.1. The highest BCUT2D eigenvalue weighted by molar-refractivity contribution is 7.69. The Balaban J connectivity index is 2.29. The lowest BCUT2D eigenvalue weighted by Gasteiger charge is -2.22. The zero-order valence-corrected chi connectivity index (χ0v) is 12.5. The Morgan fingerprint density at radius 3 is 1.58 bits per heavy atom. The van der Waals surface area contributed by atoms with Gasteiger partial charge >= 0.3 is 0 Å². The van der Waals surface area contributed by atoms with Gasteiger partial charge in [-0.05, 0) is 12.6 Å². The van der Waals surface area contributed by atoms with E-state index in [-0.39, 0.29) is 0 Å². The van der Waals surface area contributed by atoms with Crippen molar-refractivity contribution in [2.45, 2.75) is 26.5 Å². The maximum absolute atomic E-state index is 6.39. The molecule has 19 heavy (non-hydrogen) atoms. The maximum atomic E-state index is 6.39. The Morgan fingerprint density at radius 1 is 0.789 bits per heavy atom. The summed E-state index contributed by atoms with van der Waals surface area (Å²) in [6.45, 7) is 4.72. The van der Waals surface area contributed by atoms with Crippen LogP contribution in [-0.4, -0.2) is 6.92 Å². The van der Waals surface area contributed by atoms with E-state index in [1.165, 1.54) is 10.6 Å². The van der Waals surface area contributed by atoms with E-state index in [9.17, 15) is 0 Å². The molecule has 0 unspecified atom stereocenters. The second-order valence-electron chi connectivity index (χ2n) is 4.51. The first kappa shape index (κ1) is 14.3. The number of rotatable bonds is 6. The summed E-state index contributed by atoms with van der Waals surface area (Å²) in [5, 5.41) is 2.58. The van der Waals surface area contributed by atoms with Crippen molar-refractivity contribution in [1.29, 1.82) is 0 Å². The van der Waals surface area contributed by atoms with Crippen LogP contribution in [0.5, 0.6) is 0 Å². The Kier molecular flexibility index (Phi) is 5.63. The zero-order valence-electron chi connectivity index (χ0n) is 11.6. The van der Waals surface area contributed by atoms with E-state index >= 15 is 0 Å². The van der Waals surface area contributed by atoms with Crippen molar-refractivity contribution in [3.05, 3.63) is 60.7 Å². The molecule has 0 N–H and O–H groups in total. The van der Waals surface area contributed by atoms with Crippen LogP contribution in [0.4, 0.5) is 0 Å². The number of hydrogen-bond acceptors (Lipinski definition) is 1. The summed E-state index contributed by atoms with van der Waals surface area (Å²) in [6.07, 6.45) is 2.13. The van der Waals surface area contributed by atoms with E-state index in [1.54, 1.807) is 0 Å². The van der Waals surface area contributed by atoms with Crippen molar-refractivity contribution in [2.24, 2.45) is 0 Å². The minimum Gasteiger partial charge on any atom is -0.408 e. The quantitative estimate of drug-likeness (QED) is 0.567. The lowest BCUT2D eigenvalue weighted by Crippen LogP contribution is -2.21. The summed E-state index contributed by atoms with van der Waals surface area (Å²) in [5.74, 6) is 0. The first-order chi connectivity index (χ1) is 9.35. The highest BCUT2D eigenvalue weighted by Crippen LogP contribution is 2.36. The lowest BCUT2D eigenvalue weighted by atomic mass is 9.63. The van der Waals surface area contributed by atoms with Crippen LogP contribution in [0.2, 0.25) is 12.6 Å². The Hall–Kier alpha value is -1.11. The molecule has 0 heterocycles. The van der Waals surface area contributed by atoms with Gasteiger partial charge < -0.3 is 4.44 Å². The molecule has 2 aromatic carbocycles. The Bertz CT molecular complexity index is 431. The third kappa shape index (κ3) is 3.93. The van der Waals surface area contributed by atoms with Gasteiger partial charge in [0.1, 0.15) is 0 Å². The van der Waals surface area contributed by atoms with Gasteiger partial charge in [0.05, 0.1) is 8.15 Å². The minimum absolute atomic E-state index is 0.339. The molecule has 0 fully saturated rings. The first-order valence-corrected chi connectivity index (χ1v) is 8.18. The third-order valence-corrected chi connectivity index (χ3v) is 5.19. The molecule has 98 valence electrons. The molecule has 0 bridgehead atoms. The molecule has 0 spiro atoms. The fraction of sp³-hybridized carbons (Fsp3) is 0.250. The molecular weight excluding hydrogens is 250 g/mol. The molecule has 0 aliphatic carbocycles.